The Labute approximate surface area is 113 Å². The molecule has 0 fully saturated rings. The van der Waals surface area contributed by atoms with Gasteiger partial charge in [0.2, 0.25) is 0 Å². The van der Waals surface area contributed by atoms with Gasteiger partial charge in [0.05, 0.1) is 10.2 Å². The highest BCUT2D eigenvalue weighted by Crippen LogP contribution is 2.29. The third kappa shape index (κ3) is 3.91. The van der Waals surface area contributed by atoms with E-state index in [1.54, 1.807) is 17.5 Å². The van der Waals surface area contributed by atoms with Gasteiger partial charge in [-0.1, -0.05) is 6.92 Å². The summed E-state index contributed by atoms with van der Waals surface area (Å²) in [6, 6.07) is 3.53. The molecule has 2 aromatic heterocycles. The minimum Gasteiger partial charge on any atom is -0.310 e. The van der Waals surface area contributed by atoms with E-state index >= 15 is 0 Å². The normalized spacial score (nSPS) is 13.9. The van der Waals surface area contributed by atoms with Crippen molar-refractivity contribution in [3.63, 3.8) is 0 Å². The Morgan fingerprint density at radius 1 is 1.42 bits per heavy atom. The van der Waals surface area contributed by atoms with Crippen LogP contribution in [0.25, 0.3) is 10.2 Å². The summed E-state index contributed by atoms with van der Waals surface area (Å²) in [5.41, 5.74) is 1.71. The molecule has 0 bridgehead atoms. The number of hydrogen-bond acceptors (Lipinski definition) is 3. The third-order valence-electron chi connectivity index (χ3n) is 2.89. The van der Waals surface area contributed by atoms with Crippen LogP contribution in [0.1, 0.15) is 31.4 Å². The highest BCUT2D eigenvalue weighted by Gasteiger charge is 2.28. The van der Waals surface area contributed by atoms with Crippen LogP contribution < -0.4 is 5.32 Å². The summed E-state index contributed by atoms with van der Waals surface area (Å²) in [6.07, 6.45) is -3.20. The van der Waals surface area contributed by atoms with Gasteiger partial charge in [0.1, 0.15) is 0 Å². The highest BCUT2D eigenvalue weighted by atomic mass is 32.1. The van der Waals surface area contributed by atoms with Gasteiger partial charge in [0.15, 0.2) is 0 Å². The number of rotatable bonds is 5. The summed E-state index contributed by atoms with van der Waals surface area (Å²) in [5, 5.41) is 5.02. The van der Waals surface area contributed by atoms with Crippen molar-refractivity contribution in [1.82, 2.24) is 10.3 Å². The lowest BCUT2D eigenvalue weighted by Gasteiger charge is -2.19. The van der Waals surface area contributed by atoms with Crippen LogP contribution in [0.2, 0.25) is 0 Å². The zero-order valence-corrected chi connectivity index (χ0v) is 11.3. The standard InChI is InChI=1S/C13H15F3N2S/c1-2-17-10(3-5-13(14,15)16)9-7-12-11(18-8-9)4-6-19-12/h4,6-8,10,17H,2-3,5H2,1H3. The van der Waals surface area contributed by atoms with E-state index in [2.05, 4.69) is 10.3 Å². The monoisotopic (exact) mass is 288 g/mol. The van der Waals surface area contributed by atoms with Gasteiger partial charge in [-0.15, -0.1) is 11.3 Å². The van der Waals surface area contributed by atoms with E-state index in [-0.39, 0.29) is 12.5 Å². The summed E-state index contributed by atoms with van der Waals surface area (Å²) in [7, 11) is 0. The van der Waals surface area contributed by atoms with Crippen LogP contribution in [0.4, 0.5) is 13.2 Å². The lowest BCUT2D eigenvalue weighted by molar-refractivity contribution is -0.136. The second-order valence-corrected chi connectivity index (χ2v) is 5.28. The van der Waals surface area contributed by atoms with Crippen LogP contribution in [-0.2, 0) is 0 Å². The molecular formula is C13H15F3N2S. The zero-order valence-electron chi connectivity index (χ0n) is 10.5. The summed E-state index contributed by atoms with van der Waals surface area (Å²) < 4.78 is 38.0. The van der Waals surface area contributed by atoms with Crippen LogP contribution >= 0.6 is 11.3 Å². The predicted molar refractivity (Wildman–Crippen MR) is 71.3 cm³/mol. The van der Waals surface area contributed by atoms with Crippen molar-refractivity contribution in [3.05, 3.63) is 29.3 Å². The van der Waals surface area contributed by atoms with Gasteiger partial charge in [-0.05, 0) is 36.0 Å². The summed E-state index contributed by atoms with van der Waals surface area (Å²) in [4.78, 5) is 4.28. The van der Waals surface area contributed by atoms with Crippen molar-refractivity contribution < 1.29 is 13.2 Å². The summed E-state index contributed by atoms with van der Waals surface area (Å²) in [5.74, 6) is 0. The van der Waals surface area contributed by atoms with Gasteiger partial charge >= 0.3 is 6.18 Å². The smallest absolute Gasteiger partial charge is 0.310 e. The largest absolute Gasteiger partial charge is 0.389 e. The number of halogens is 3. The molecule has 0 aliphatic carbocycles. The molecule has 1 unspecified atom stereocenters. The molecule has 1 N–H and O–H groups in total. The first kappa shape index (κ1) is 14.3. The molecule has 0 spiro atoms. The number of thiophene rings is 1. The van der Waals surface area contributed by atoms with Gasteiger partial charge < -0.3 is 5.32 Å². The fourth-order valence-electron chi connectivity index (χ4n) is 1.99. The number of nitrogens with zero attached hydrogens (tertiary/aromatic N) is 1. The fraction of sp³-hybridized carbons (Fsp3) is 0.462. The van der Waals surface area contributed by atoms with Crippen molar-refractivity contribution in [2.75, 3.05) is 6.54 Å². The van der Waals surface area contributed by atoms with Crippen molar-refractivity contribution in [2.45, 2.75) is 32.0 Å². The second-order valence-electron chi connectivity index (χ2n) is 4.34. The minimum absolute atomic E-state index is 0.0376. The van der Waals surface area contributed by atoms with Crippen LogP contribution in [0.3, 0.4) is 0 Å². The van der Waals surface area contributed by atoms with E-state index in [0.717, 1.165) is 15.8 Å². The van der Waals surface area contributed by atoms with Crippen molar-refractivity contribution in [3.8, 4) is 0 Å². The molecule has 2 nitrogen and oxygen atoms in total. The van der Waals surface area contributed by atoms with Crippen molar-refractivity contribution >= 4 is 21.6 Å². The molecule has 2 heterocycles. The Morgan fingerprint density at radius 3 is 2.89 bits per heavy atom. The van der Waals surface area contributed by atoms with E-state index < -0.39 is 12.6 Å². The fourth-order valence-corrected chi connectivity index (χ4v) is 2.78. The highest BCUT2D eigenvalue weighted by molar-refractivity contribution is 7.17. The summed E-state index contributed by atoms with van der Waals surface area (Å²) >= 11 is 1.55. The molecule has 0 saturated heterocycles. The molecule has 0 aliphatic heterocycles. The maximum absolute atomic E-state index is 12.3. The molecule has 19 heavy (non-hydrogen) atoms. The maximum Gasteiger partial charge on any atom is 0.389 e. The lowest BCUT2D eigenvalue weighted by atomic mass is 10.0. The van der Waals surface area contributed by atoms with E-state index in [9.17, 15) is 13.2 Å². The van der Waals surface area contributed by atoms with Gasteiger partial charge in [0.25, 0.3) is 0 Å². The number of alkyl halides is 3. The summed E-state index contributed by atoms with van der Waals surface area (Å²) in [6.45, 7) is 2.52. The molecule has 104 valence electrons. The number of pyridine rings is 1. The second kappa shape index (κ2) is 5.88. The van der Waals surface area contributed by atoms with E-state index in [0.29, 0.717) is 6.54 Å². The average Bonchev–Trinajstić information content (AvgIpc) is 2.80. The molecule has 2 rings (SSSR count). The van der Waals surface area contributed by atoms with Crippen LogP contribution in [0.5, 0.6) is 0 Å². The van der Waals surface area contributed by atoms with Gasteiger partial charge in [-0.25, -0.2) is 0 Å². The zero-order chi connectivity index (χ0) is 13.9. The third-order valence-corrected chi connectivity index (χ3v) is 3.75. The first-order chi connectivity index (χ1) is 8.99. The number of aromatic nitrogens is 1. The van der Waals surface area contributed by atoms with E-state index in [1.807, 2.05) is 24.4 Å². The maximum atomic E-state index is 12.3. The quantitative estimate of drug-likeness (QED) is 0.887. The lowest BCUT2D eigenvalue weighted by Crippen LogP contribution is -2.23. The molecule has 0 saturated carbocycles. The number of nitrogens with one attached hydrogen (secondary N) is 1. The number of hydrogen-bond donors (Lipinski definition) is 1. The van der Waals surface area contributed by atoms with Crippen LogP contribution in [0, 0.1) is 0 Å². The van der Waals surface area contributed by atoms with E-state index in [1.165, 1.54) is 0 Å². The molecule has 0 amide bonds. The van der Waals surface area contributed by atoms with E-state index in [4.69, 9.17) is 0 Å². The molecular weight excluding hydrogens is 273 g/mol. The Morgan fingerprint density at radius 2 is 2.21 bits per heavy atom. The van der Waals surface area contributed by atoms with Gasteiger partial charge in [0, 0.05) is 18.7 Å². The molecule has 6 heteroatoms. The first-order valence-corrected chi connectivity index (χ1v) is 7.01. The minimum atomic E-state index is -4.12. The molecule has 1 atom stereocenters. The Balaban J connectivity index is 2.17. The number of fused-ring (bicyclic) bond motifs is 1. The predicted octanol–water partition coefficient (Wildman–Crippen LogP) is 4.29. The van der Waals surface area contributed by atoms with Crippen molar-refractivity contribution in [1.29, 1.82) is 0 Å². The molecule has 0 radical (unpaired) electrons. The molecule has 0 aromatic carbocycles. The molecule has 0 aliphatic rings. The van der Waals surface area contributed by atoms with Crippen molar-refractivity contribution in [2.24, 2.45) is 0 Å². The topological polar surface area (TPSA) is 24.9 Å². The van der Waals surface area contributed by atoms with Crippen LogP contribution in [0.15, 0.2) is 23.7 Å². The van der Waals surface area contributed by atoms with Gasteiger partial charge in [-0.2, -0.15) is 13.2 Å². The first-order valence-electron chi connectivity index (χ1n) is 6.13. The Hall–Kier alpha value is -1.14. The average molecular weight is 288 g/mol. The van der Waals surface area contributed by atoms with Gasteiger partial charge in [-0.3, -0.25) is 4.98 Å². The van der Waals surface area contributed by atoms with Crippen LogP contribution in [-0.4, -0.2) is 17.7 Å². The SMILES string of the molecule is CCNC(CCC(F)(F)F)c1cnc2ccsc2c1. The Kier molecular flexibility index (Phi) is 4.42. The Bertz CT molecular complexity index is 536. The molecule has 2 aromatic rings.